The van der Waals surface area contributed by atoms with E-state index in [1.54, 1.807) is 19.1 Å². The molecule has 1 amide bonds. The number of hydrogen-bond acceptors (Lipinski definition) is 5. The molecule has 8 nitrogen and oxygen atoms in total. The Morgan fingerprint density at radius 2 is 1.90 bits per heavy atom. The van der Waals surface area contributed by atoms with Crippen LogP contribution in [0.4, 0.5) is 20.2 Å². The summed E-state index contributed by atoms with van der Waals surface area (Å²) in [6.07, 6.45) is -2.76. The average Bonchev–Trinajstić information content (AvgIpc) is 3.11. The SMILES string of the molecule is Cc1ccccc1Oc1cc(NC(=O)C(C)n2nc(C(F)F)cc2C)cc([N+](=O)[O-])c1. The summed E-state index contributed by atoms with van der Waals surface area (Å²) in [6.45, 7) is 4.88. The number of rotatable bonds is 7. The number of alkyl halides is 2. The maximum absolute atomic E-state index is 12.9. The van der Waals surface area contributed by atoms with E-state index in [1.165, 1.54) is 35.9 Å². The summed E-state index contributed by atoms with van der Waals surface area (Å²) in [5.41, 5.74) is 0.650. The molecule has 10 heteroatoms. The Morgan fingerprint density at radius 1 is 1.19 bits per heavy atom. The van der Waals surface area contributed by atoms with Crippen LogP contribution in [0.1, 0.15) is 36.3 Å². The van der Waals surface area contributed by atoms with Gasteiger partial charge < -0.3 is 10.1 Å². The van der Waals surface area contributed by atoms with Crippen LogP contribution in [0.5, 0.6) is 11.5 Å². The van der Waals surface area contributed by atoms with Gasteiger partial charge in [-0.3, -0.25) is 19.6 Å². The maximum Gasteiger partial charge on any atom is 0.282 e. The molecule has 1 aromatic heterocycles. The quantitative estimate of drug-likeness (QED) is 0.403. The number of nitro groups is 1. The second-order valence-corrected chi connectivity index (χ2v) is 6.96. The summed E-state index contributed by atoms with van der Waals surface area (Å²) in [5.74, 6) is 0.108. The Morgan fingerprint density at radius 3 is 2.52 bits per heavy atom. The third-order valence-electron chi connectivity index (χ3n) is 4.60. The van der Waals surface area contributed by atoms with E-state index in [9.17, 15) is 23.7 Å². The number of anilines is 1. The van der Waals surface area contributed by atoms with E-state index in [4.69, 9.17) is 4.74 Å². The minimum Gasteiger partial charge on any atom is -0.457 e. The van der Waals surface area contributed by atoms with Gasteiger partial charge in [-0.05, 0) is 38.5 Å². The number of non-ortho nitro benzene ring substituents is 1. The van der Waals surface area contributed by atoms with E-state index < -0.39 is 29.0 Å². The third kappa shape index (κ3) is 5.03. The van der Waals surface area contributed by atoms with E-state index >= 15 is 0 Å². The van der Waals surface area contributed by atoms with Crippen molar-refractivity contribution in [3.8, 4) is 11.5 Å². The molecular weight excluding hydrogens is 410 g/mol. The molecule has 3 rings (SSSR count). The van der Waals surface area contributed by atoms with Gasteiger partial charge in [-0.15, -0.1) is 0 Å². The van der Waals surface area contributed by atoms with Crippen LogP contribution < -0.4 is 10.1 Å². The van der Waals surface area contributed by atoms with Crippen molar-refractivity contribution >= 4 is 17.3 Å². The molecule has 0 fully saturated rings. The Kier molecular flexibility index (Phi) is 6.28. The predicted octanol–water partition coefficient (Wildman–Crippen LogP) is 5.34. The van der Waals surface area contributed by atoms with E-state index in [0.717, 1.165) is 5.56 Å². The van der Waals surface area contributed by atoms with Crippen molar-refractivity contribution in [1.82, 2.24) is 9.78 Å². The zero-order chi connectivity index (χ0) is 22.7. The minimum atomic E-state index is -2.76. The first-order valence-electron chi connectivity index (χ1n) is 9.33. The molecule has 0 aliphatic rings. The summed E-state index contributed by atoms with van der Waals surface area (Å²) >= 11 is 0. The Labute approximate surface area is 176 Å². The Bertz CT molecular complexity index is 1130. The molecule has 2 aromatic carbocycles. The number of amides is 1. The molecule has 1 unspecified atom stereocenters. The van der Waals surface area contributed by atoms with Gasteiger partial charge in [0.05, 0.1) is 16.7 Å². The highest BCUT2D eigenvalue weighted by Crippen LogP contribution is 2.31. The van der Waals surface area contributed by atoms with Crippen molar-refractivity contribution in [2.24, 2.45) is 0 Å². The molecule has 1 N–H and O–H groups in total. The predicted molar refractivity (Wildman–Crippen MR) is 110 cm³/mol. The van der Waals surface area contributed by atoms with Crippen molar-refractivity contribution in [2.75, 3.05) is 5.32 Å². The van der Waals surface area contributed by atoms with Crippen molar-refractivity contribution in [3.05, 3.63) is 75.6 Å². The van der Waals surface area contributed by atoms with Crippen LogP contribution in [0.2, 0.25) is 0 Å². The molecule has 0 spiro atoms. The highest BCUT2D eigenvalue weighted by molar-refractivity contribution is 5.94. The maximum atomic E-state index is 12.9. The number of carbonyl (C=O) groups excluding carboxylic acids is 1. The summed E-state index contributed by atoms with van der Waals surface area (Å²) in [4.78, 5) is 23.4. The molecule has 1 heterocycles. The summed E-state index contributed by atoms with van der Waals surface area (Å²) in [5, 5.41) is 17.7. The fraction of sp³-hybridized carbons (Fsp3) is 0.238. The second-order valence-electron chi connectivity index (χ2n) is 6.96. The van der Waals surface area contributed by atoms with Crippen LogP contribution in [-0.2, 0) is 4.79 Å². The fourth-order valence-electron chi connectivity index (χ4n) is 2.99. The topological polar surface area (TPSA) is 99.3 Å². The number of carbonyl (C=O) groups is 1. The molecular formula is C21H20F2N4O4. The van der Waals surface area contributed by atoms with E-state index in [-0.39, 0.29) is 17.1 Å². The van der Waals surface area contributed by atoms with Crippen LogP contribution >= 0.6 is 0 Å². The van der Waals surface area contributed by atoms with Gasteiger partial charge in [0, 0.05) is 17.8 Å². The number of benzene rings is 2. The summed E-state index contributed by atoms with van der Waals surface area (Å²) in [7, 11) is 0. The number of halogens is 2. The van der Waals surface area contributed by atoms with Gasteiger partial charge in [0.25, 0.3) is 12.1 Å². The van der Waals surface area contributed by atoms with Gasteiger partial charge >= 0.3 is 0 Å². The number of hydrogen-bond donors (Lipinski definition) is 1. The molecule has 0 aliphatic carbocycles. The van der Waals surface area contributed by atoms with Gasteiger partial charge in [-0.1, -0.05) is 18.2 Å². The lowest BCUT2D eigenvalue weighted by molar-refractivity contribution is -0.384. The smallest absolute Gasteiger partial charge is 0.282 e. The molecule has 0 saturated heterocycles. The van der Waals surface area contributed by atoms with Crippen molar-refractivity contribution in [3.63, 3.8) is 0 Å². The normalized spacial score (nSPS) is 11.9. The first-order chi connectivity index (χ1) is 14.7. The zero-order valence-corrected chi connectivity index (χ0v) is 17.0. The minimum absolute atomic E-state index is 0.133. The van der Waals surface area contributed by atoms with E-state index in [0.29, 0.717) is 11.4 Å². The van der Waals surface area contributed by atoms with Crippen LogP contribution in [-0.4, -0.2) is 20.6 Å². The van der Waals surface area contributed by atoms with Crippen LogP contribution in [0.3, 0.4) is 0 Å². The highest BCUT2D eigenvalue weighted by Gasteiger charge is 2.22. The number of aromatic nitrogens is 2. The largest absolute Gasteiger partial charge is 0.457 e. The van der Waals surface area contributed by atoms with Gasteiger partial charge in [0.2, 0.25) is 5.91 Å². The van der Waals surface area contributed by atoms with E-state index in [2.05, 4.69) is 10.4 Å². The monoisotopic (exact) mass is 430 g/mol. The number of para-hydroxylation sites is 1. The summed E-state index contributed by atoms with van der Waals surface area (Å²) < 4.78 is 32.7. The molecule has 0 bridgehead atoms. The van der Waals surface area contributed by atoms with Gasteiger partial charge in [0.1, 0.15) is 23.2 Å². The molecule has 0 radical (unpaired) electrons. The highest BCUT2D eigenvalue weighted by atomic mass is 19.3. The van der Waals surface area contributed by atoms with Crippen molar-refractivity contribution < 1.29 is 23.2 Å². The molecule has 162 valence electrons. The van der Waals surface area contributed by atoms with Crippen LogP contribution in [0.15, 0.2) is 48.5 Å². The molecule has 0 aliphatic heterocycles. The van der Waals surface area contributed by atoms with Crippen molar-refractivity contribution in [2.45, 2.75) is 33.2 Å². The number of nitrogens with one attached hydrogen (secondary N) is 1. The molecule has 3 aromatic rings. The van der Waals surface area contributed by atoms with Gasteiger partial charge in [-0.25, -0.2) is 8.78 Å². The zero-order valence-electron chi connectivity index (χ0n) is 17.0. The lowest BCUT2D eigenvalue weighted by atomic mass is 10.2. The van der Waals surface area contributed by atoms with Gasteiger partial charge in [-0.2, -0.15) is 5.10 Å². The lowest BCUT2D eigenvalue weighted by Crippen LogP contribution is -2.25. The van der Waals surface area contributed by atoms with Crippen LogP contribution in [0.25, 0.3) is 0 Å². The number of aryl methyl sites for hydroxylation is 2. The Hall–Kier alpha value is -3.82. The third-order valence-corrected chi connectivity index (χ3v) is 4.60. The number of ether oxygens (including phenoxy) is 1. The number of nitro benzene ring substituents is 1. The average molecular weight is 430 g/mol. The van der Waals surface area contributed by atoms with Crippen LogP contribution in [0, 0.1) is 24.0 Å². The first kappa shape index (κ1) is 21.9. The second kappa shape index (κ2) is 8.90. The number of nitrogens with zero attached hydrogens (tertiary/aromatic N) is 3. The standard InChI is InChI=1S/C21H20F2N4O4/c1-12-6-4-5-7-19(12)31-17-10-15(9-16(11-17)27(29)30)24-21(28)14(3)26-13(2)8-18(25-26)20(22)23/h4-11,14,20H,1-3H3,(H,24,28). The Balaban J connectivity index is 1.86. The fourth-order valence-corrected chi connectivity index (χ4v) is 2.99. The molecule has 1 atom stereocenters. The molecule has 0 saturated carbocycles. The first-order valence-corrected chi connectivity index (χ1v) is 9.33. The lowest BCUT2D eigenvalue weighted by Gasteiger charge is -2.15. The summed E-state index contributed by atoms with van der Waals surface area (Å²) in [6, 6.07) is 11.3. The van der Waals surface area contributed by atoms with Crippen molar-refractivity contribution in [1.29, 1.82) is 0 Å². The van der Waals surface area contributed by atoms with E-state index in [1.807, 2.05) is 19.1 Å². The van der Waals surface area contributed by atoms with Gasteiger partial charge in [0.15, 0.2) is 0 Å². The molecule has 31 heavy (non-hydrogen) atoms.